The van der Waals surface area contributed by atoms with E-state index in [1.807, 2.05) is 12.1 Å². The lowest BCUT2D eigenvalue weighted by atomic mass is 10.1. The average molecular weight is 141 g/mol. The zero-order valence-electron chi connectivity index (χ0n) is 6.26. The van der Waals surface area contributed by atoms with Crippen molar-refractivity contribution in [3.05, 3.63) is 35.4 Å². The number of rotatable bonds is 0. The molecule has 0 saturated heterocycles. The Hall–Kier alpha value is -1.73. The van der Waals surface area contributed by atoms with Crippen LogP contribution in [0, 0.1) is 23.2 Å². The molecule has 0 spiro atoms. The van der Waals surface area contributed by atoms with Crippen molar-refractivity contribution < 1.29 is 0 Å². The van der Waals surface area contributed by atoms with Crippen molar-refractivity contribution in [1.29, 1.82) is 5.26 Å². The molecular weight excluding hydrogens is 134 g/mol. The van der Waals surface area contributed by atoms with Gasteiger partial charge in [-0.15, -0.1) is 5.92 Å². The fraction of sp³-hybridized carbons (Fsp3) is 0.100. The molecule has 0 bridgehead atoms. The van der Waals surface area contributed by atoms with Crippen LogP contribution in [0.4, 0.5) is 0 Å². The molecule has 0 aliphatic carbocycles. The second kappa shape index (κ2) is 3.44. The Morgan fingerprint density at radius 2 is 2.00 bits per heavy atom. The van der Waals surface area contributed by atoms with Crippen LogP contribution in [-0.4, -0.2) is 0 Å². The zero-order valence-corrected chi connectivity index (χ0v) is 6.26. The summed E-state index contributed by atoms with van der Waals surface area (Å²) in [5.41, 5.74) is 1.55. The van der Waals surface area contributed by atoms with Gasteiger partial charge in [-0.3, -0.25) is 0 Å². The zero-order chi connectivity index (χ0) is 8.10. The summed E-state index contributed by atoms with van der Waals surface area (Å²) in [5, 5.41) is 8.53. The second-order valence-electron chi connectivity index (χ2n) is 2.07. The fourth-order valence-corrected chi connectivity index (χ4v) is 0.811. The van der Waals surface area contributed by atoms with E-state index < -0.39 is 0 Å². The van der Waals surface area contributed by atoms with Gasteiger partial charge in [0.25, 0.3) is 0 Å². The quantitative estimate of drug-likeness (QED) is 0.506. The van der Waals surface area contributed by atoms with Gasteiger partial charge in [0, 0.05) is 5.56 Å². The molecule has 0 heterocycles. The van der Waals surface area contributed by atoms with Crippen LogP contribution in [-0.2, 0) is 0 Å². The van der Waals surface area contributed by atoms with Gasteiger partial charge in [-0.2, -0.15) is 5.26 Å². The first-order valence-corrected chi connectivity index (χ1v) is 3.29. The lowest BCUT2D eigenvalue weighted by molar-refractivity contribution is 1.48. The van der Waals surface area contributed by atoms with E-state index in [4.69, 9.17) is 5.26 Å². The molecule has 0 aliphatic rings. The van der Waals surface area contributed by atoms with Gasteiger partial charge in [-0.25, -0.2) is 0 Å². The van der Waals surface area contributed by atoms with Gasteiger partial charge in [-0.1, -0.05) is 12.0 Å². The van der Waals surface area contributed by atoms with E-state index in [0.717, 1.165) is 5.56 Å². The van der Waals surface area contributed by atoms with Crippen LogP contribution in [0.25, 0.3) is 0 Å². The molecule has 1 rings (SSSR count). The summed E-state index contributed by atoms with van der Waals surface area (Å²) in [6.07, 6.45) is 0. The second-order valence-corrected chi connectivity index (χ2v) is 2.07. The van der Waals surface area contributed by atoms with E-state index in [-0.39, 0.29) is 0 Å². The van der Waals surface area contributed by atoms with Gasteiger partial charge in [-0.05, 0) is 25.1 Å². The van der Waals surface area contributed by atoms with Gasteiger partial charge in [0.1, 0.15) is 0 Å². The summed E-state index contributed by atoms with van der Waals surface area (Å²) in [6.45, 7) is 1.78. The van der Waals surface area contributed by atoms with E-state index in [0.29, 0.717) is 5.56 Å². The minimum atomic E-state index is 0.658. The molecule has 0 aliphatic heterocycles. The highest BCUT2D eigenvalue weighted by atomic mass is 14.2. The van der Waals surface area contributed by atoms with Crippen molar-refractivity contribution in [2.45, 2.75) is 6.92 Å². The molecule has 1 aromatic rings. The maximum Gasteiger partial charge on any atom is 0.0992 e. The Balaban J connectivity index is 3.10. The summed E-state index contributed by atoms with van der Waals surface area (Å²) < 4.78 is 0. The maximum absolute atomic E-state index is 8.53. The number of hydrogen-bond acceptors (Lipinski definition) is 1. The predicted octanol–water partition coefficient (Wildman–Crippen LogP) is 1.93. The van der Waals surface area contributed by atoms with Crippen molar-refractivity contribution in [1.82, 2.24) is 0 Å². The number of nitriles is 1. The molecule has 0 N–H and O–H groups in total. The lowest BCUT2D eigenvalue weighted by Gasteiger charge is -1.88. The molecule has 0 saturated carbocycles. The molecule has 1 aromatic carbocycles. The van der Waals surface area contributed by atoms with Crippen molar-refractivity contribution in [3.8, 4) is 17.9 Å². The maximum atomic E-state index is 8.53. The van der Waals surface area contributed by atoms with Gasteiger partial charge >= 0.3 is 0 Å². The summed E-state index contributed by atoms with van der Waals surface area (Å²) in [6, 6.07) is 9.31. The van der Waals surface area contributed by atoms with E-state index in [9.17, 15) is 0 Å². The molecule has 0 aromatic heterocycles. The number of hydrogen-bond donors (Lipinski definition) is 0. The molecule has 0 atom stereocenters. The highest BCUT2D eigenvalue weighted by Crippen LogP contribution is 2.01. The first-order valence-electron chi connectivity index (χ1n) is 3.29. The van der Waals surface area contributed by atoms with Crippen molar-refractivity contribution in [3.63, 3.8) is 0 Å². The van der Waals surface area contributed by atoms with Gasteiger partial charge in [0.2, 0.25) is 0 Å². The Morgan fingerprint density at radius 1 is 1.27 bits per heavy atom. The highest BCUT2D eigenvalue weighted by molar-refractivity contribution is 5.41. The van der Waals surface area contributed by atoms with Crippen LogP contribution in [0.15, 0.2) is 24.3 Å². The van der Waals surface area contributed by atoms with Crippen LogP contribution < -0.4 is 0 Å². The summed E-state index contributed by atoms with van der Waals surface area (Å²) in [4.78, 5) is 0. The van der Waals surface area contributed by atoms with E-state index >= 15 is 0 Å². The molecule has 1 heteroatoms. The van der Waals surface area contributed by atoms with Crippen molar-refractivity contribution in [2.75, 3.05) is 0 Å². The third-order valence-corrected chi connectivity index (χ3v) is 1.26. The monoisotopic (exact) mass is 141 g/mol. The van der Waals surface area contributed by atoms with Crippen molar-refractivity contribution in [2.24, 2.45) is 0 Å². The molecule has 0 unspecified atom stereocenters. The standard InChI is InChI=1S/C10H7N/c1-2-4-9-5-3-6-10(7-9)8-11/h3,5-7H,1H3. The van der Waals surface area contributed by atoms with E-state index in [2.05, 4.69) is 17.9 Å². The first-order chi connectivity index (χ1) is 5.36. The van der Waals surface area contributed by atoms with Crippen LogP contribution >= 0.6 is 0 Å². The highest BCUT2D eigenvalue weighted by Gasteiger charge is 1.88. The molecule has 11 heavy (non-hydrogen) atoms. The molecule has 52 valence electrons. The molecule has 0 amide bonds. The first kappa shape index (κ1) is 7.38. The largest absolute Gasteiger partial charge is 0.192 e. The SMILES string of the molecule is CC#Cc1cccc(C#N)c1. The summed E-state index contributed by atoms with van der Waals surface area (Å²) in [7, 11) is 0. The van der Waals surface area contributed by atoms with Gasteiger partial charge in [0.05, 0.1) is 11.6 Å². The van der Waals surface area contributed by atoms with E-state index in [1.165, 1.54) is 0 Å². The van der Waals surface area contributed by atoms with Crippen molar-refractivity contribution >= 4 is 0 Å². The lowest BCUT2D eigenvalue weighted by Crippen LogP contribution is -1.76. The Kier molecular flexibility index (Phi) is 2.31. The predicted molar refractivity (Wildman–Crippen MR) is 43.7 cm³/mol. The normalized spacial score (nSPS) is 7.64. The average Bonchev–Trinajstić information content (AvgIpc) is 2.06. The van der Waals surface area contributed by atoms with Crippen LogP contribution in [0.1, 0.15) is 18.1 Å². The Bertz CT molecular complexity index is 347. The molecular formula is C10H7N. The fourth-order valence-electron chi connectivity index (χ4n) is 0.811. The summed E-state index contributed by atoms with van der Waals surface area (Å²) >= 11 is 0. The number of nitrogens with zero attached hydrogens (tertiary/aromatic N) is 1. The van der Waals surface area contributed by atoms with Crippen LogP contribution in [0.5, 0.6) is 0 Å². The molecule has 0 radical (unpaired) electrons. The summed E-state index contributed by atoms with van der Waals surface area (Å²) in [5.74, 6) is 5.66. The van der Waals surface area contributed by atoms with Gasteiger partial charge in [0.15, 0.2) is 0 Å². The van der Waals surface area contributed by atoms with Gasteiger partial charge < -0.3 is 0 Å². The minimum Gasteiger partial charge on any atom is -0.192 e. The van der Waals surface area contributed by atoms with Crippen LogP contribution in [0.2, 0.25) is 0 Å². The third kappa shape index (κ3) is 1.85. The Labute approximate surface area is 66.3 Å². The smallest absolute Gasteiger partial charge is 0.0992 e. The van der Waals surface area contributed by atoms with Crippen LogP contribution in [0.3, 0.4) is 0 Å². The topological polar surface area (TPSA) is 23.8 Å². The molecule has 0 fully saturated rings. The molecule has 1 nitrogen and oxygen atoms in total. The minimum absolute atomic E-state index is 0.658. The number of benzene rings is 1. The Morgan fingerprint density at radius 3 is 2.64 bits per heavy atom. The van der Waals surface area contributed by atoms with E-state index in [1.54, 1.807) is 19.1 Å². The third-order valence-electron chi connectivity index (χ3n) is 1.26.